The van der Waals surface area contributed by atoms with Crippen LogP contribution in [0, 0.1) is 17.8 Å². The number of rotatable bonds is 19. The molecule has 62 heavy (non-hydrogen) atoms. The van der Waals surface area contributed by atoms with Crippen molar-refractivity contribution in [2.45, 2.75) is 192 Å². The third kappa shape index (κ3) is 17.0. The molecule has 2 heterocycles. The lowest BCUT2D eigenvalue weighted by Gasteiger charge is -2.47. The Morgan fingerprint density at radius 1 is 1.08 bits per heavy atom. The minimum atomic E-state index is -1.87. The van der Waals surface area contributed by atoms with Crippen LogP contribution in [-0.4, -0.2) is 191 Å². The van der Waals surface area contributed by atoms with Crippen LogP contribution in [0.3, 0.4) is 0 Å². The molecule has 0 spiro atoms. The van der Waals surface area contributed by atoms with Crippen molar-refractivity contribution in [2.24, 2.45) is 17.8 Å². The molecule has 0 aromatic rings. The molecule has 0 amide bonds. The molecule has 2 aliphatic rings. The molecule has 18 heteroatoms. The first kappa shape index (κ1) is 57.1. The monoisotopic (exact) mass is 929 g/mol. The average Bonchev–Trinajstić information content (AvgIpc) is 3.19. The smallest absolute Gasteiger partial charge is 0.311 e. The van der Waals surface area contributed by atoms with Gasteiger partial charge < -0.3 is 69.5 Å². The highest BCUT2D eigenvalue weighted by atomic mass is 35.5. The van der Waals surface area contributed by atoms with Crippen molar-refractivity contribution in [3.05, 3.63) is 0 Å². The molecule has 366 valence electrons. The van der Waals surface area contributed by atoms with Gasteiger partial charge in [-0.05, 0) is 113 Å². The van der Waals surface area contributed by atoms with Crippen LogP contribution in [0.1, 0.15) is 108 Å². The van der Waals surface area contributed by atoms with Gasteiger partial charge in [0.25, 0.3) is 0 Å². The van der Waals surface area contributed by atoms with Crippen LogP contribution in [0.25, 0.3) is 0 Å². The number of alkyl halides is 1. The van der Waals surface area contributed by atoms with Crippen LogP contribution in [0.5, 0.6) is 0 Å². The summed E-state index contributed by atoms with van der Waals surface area (Å²) >= 11 is 11.2. The van der Waals surface area contributed by atoms with E-state index in [4.69, 9.17) is 52.2 Å². The predicted molar refractivity (Wildman–Crippen MR) is 244 cm³/mol. The standard InChI is InChI=1S/C44H85ClN4O12S/c1-14-34-44(10,55)38(52)30(6)49(21-16-20-47-42(62)46-19-15-18-45)25-26(2)24-43(9,54)39(61-41-36(51)33(48(11)12)23-27(3)57-41)28(4)37(29(5)40(53)59-34)60-35(17-22-56-13)58-32(8)31(7)50/h26-39,41,50-52,54-55H,14-25H2,1-13H3,(H2,46,47,62)/t26-,27-,28+,29-,30-,31-,32+,33+,34-,35+,36-,37+,38-,39-,41+,43-,44-/m1/s1. The third-order valence-corrected chi connectivity index (χ3v) is 13.2. The fraction of sp³-hybridized carbons (Fsp3) is 0.955. The van der Waals surface area contributed by atoms with Gasteiger partial charge in [0.05, 0.1) is 48.6 Å². The van der Waals surface area contributed by atoms with Crippen molar-refractivity contribution >= 4 is 34.9 Å². The number of halogens is 1. The zero-order valence-corrected chi connectivity index (χ0v) is 41.5. The number of nitrogens with zero attached hydrogens (tertiary/aromatic N) is 2. The number of hydrogen-bond acceptors (Lipinski definition) is 15. The van der Waals surface area contributed by atoms with E-state index < -0.39 is 90.4 Å². The van der Waals surface area contributed by atoms with Gasteiger partial charge in [0, 0.05) is 63.6 Å². The minimum absolute atomic E-state index is 0.186. The van der Waals surface area contributed by atoms with E-state index in [0.717, 1.165) is 6.42 Å². The number of aliphatic hydroxyl groups excluding tert-OH is 3. The molecule has 0 saturated carbocycles. The molecule has 0 aliphatic carbocycles. The Labute approximate surface area is 383 Å². The first-order valence-corrected chi connectivity index (χ1v) is 23.7. The molecule has 17 atom stereocenters. The second-order valence-electron chi connectivity index (χ2n) is 18.7. The van der Waals surface area contributed by atoms with E-state index in [-0.39, 0.29) is 43.9 Å². The van der Waals surface area contributed by atoms with Gasteiger partial charge in [-0.25, -0.2) is 0 Å². The van der Waals surface area contributed by atoms with Crippen molar-refractivity contribution in [3.8, 4) is 0 Å². The number of esters is 1. The zero-order chi connectivity index (χ0) is 47.1. The highest BCUT2D eigenvalue weighted by molar-refractivity contribution is 7.80. The lowest BCUT2D eigenvalue weighted by molar-refractivity contribution is -0.306. The Morgan fingerprint density at radius 2 is 1.71 bits per heavy atom. The molecular formula is C44H85ClN4O12S. The maximum Gasteiger partial charge on any atom is 0.311 e. The van der Waals surface area contributed by atoms with Gasteiger partial charge in [0.1, 0.15) is 23.9 Å². The Bertz CT molecular complexity index is 1310. The van der Waals surface area contributed by atoms with Crippen molar-refractivity contribution in [1.82, 2.24) is 20.4 Å². The molecule has 0 aromatic heterocycles. The Balaban J connectivity index is 2.75. The second kappa shape index (κ2) is 26.9. The zero-order valence-electron chi connectivity index (χ0n) is 39.9. The molecule has 0 radical (unpaired) electrons. The van der Waals surface area contributed by atoms with E-state index in [2.05, 4.69) is 15.5 Å². The van der Waals surface area contributed by atoms with Crippen LogP contribution < -0.4 is 10.6 Å². The first-order chi connectivity index (χ1) is 28.9. The van der Waals surface area contributed by atoms with Gasteiger partial charge >= 0.3 is 5.97 Å². The number of carbonyl (C=O) groups excluding carboxylic acids is 1. The van der Waals surface area contributed by atoms with Crippen molar-refractivity contribution < 1.29 is 58.7 Å². The highest BCUT2D eigenvalue weighted by Gasteiger charge is 2.51. The summed E-state index contributed by atoms with van der Waals surface area (Å²) in [4.78, 5) is 18.5. The molecule has 16 nitrogen and oxygen atoms in total. The van der Waals surface area contributed by atoms with E-state index in [1.807, 2.05) is 46.7 Å². The van der Waals surface area contributed by atoms with Gasteiger partial charge in [0.2, 0.25) is 0 Å². The van der Waals surface area contributed by atoms with E-state index in [1.54, 1.807) is 41.7 Å². The number of methoxy groups -OCH3 is 1. The predicted octanol–water partition coefficient (Wildman–Crippen LogP) is 3.00. The molecule has 0 bridgehead atoms. The topological polar surface area (TPSA) is 204 Å². The molecule has 2 rings (SSSR count). The molecular weight excluding hydrogens is 844 g/mol. The van der Waals surface area contributed by atoms with Crippen LogP contribution in [0.15, 0.2) is 0 Å². The maximum atomic E-state index is 14.5. The molecule has 2 saturated heterocycles. The molecule has 0 aromatic carbocycles. The van der Waals surface area contributed by atoms with E-state index in [0.29, 0.717) is 50.0 Å². The third-order valence-electron chi connectivity index (χ3n) is 12.7. The van der Waals surface area contributed by atoms with Crippen molar-refractivity contribution in [1.29, 1.82) is 0 Å². The fourth-order valence-corrected chi connectivity index (χ4v) is 9.19. The lowest BCUT2D eigenvalue weighted by Crippen LogP contribution is -2.59. The number of hydrogen-bond donors (Lipinski definition) is 7. The van der Waals surface area contributed by atoms with Gasteiger partial charge in [-0.3, -0.25) is 9.69 Å². The van der Waals surface area contributed by atoms with Gasteiger partial charge in [-0.15, -0.1) is 11.6 Å². The molecule has 0 unspecified atom stereocenters. The number of aliphatic hydroxyl groups is 5. The summed E-state index contributed by atoms with van der Waals surface area (Å²) in [5.74, 6) is -2.24. The number of thiocarbonyl (C=S) groups is 1. The summed E-state index contributed by atoms with van der Waals surface area (Å²) in [6, 6.07) is -0.918. The summed E-state index contributed by atoms with van der Waals surface area (Å²) in [5.41, 5.74) is -3.49. The SMILES string of the molecule is CC[C@H]1OC(=O)[C@H](C)[C@@H](O[C@@H](CCOC)O[C@@H](C)[C@@H](C)O)[C@H](C)[C@@H](O[C@@H]2O[C@H](C)C[C@H](N(C)C)[C@H]2O)[C@](C)(O)C[C@@H](C)CN(CCCNC(=S)NCCCCl)[C@H](C)[C@@H](O)[C@]1(C)O. The lowest BCUT2D eigenvalue weighted by atomic mass is 9.77. The Hall–Kier alpha value is -1.03. The van der Waals surface area contributed by atoms with Crippen LogP contribution in [-0.2, 0) is 33.2 Å². The molecule has 2 fully saturated rings. The average molecular weight is 930 g/mol. The van der Waals surface area contributed by atoms with Gasteiger partial charge in [-0.2, -0.15) is 0 Å². The minimum Gasteiger partial charge on any atom is -0.459 e. The van der Waals surface area contributed by atoms with Crippen molar-refractivity contribution in [3.63, 3.8) is 0 Å². The summed E-state index contributed by atoms with van der Waals surface area (Å²) in [6.45, 7) is 19.8. The normalized spacial score (nSPS) is 37.5. The van der Waals surface area contributed by atoms with Crippen LogP contribution in [0.2, 0.25) is 0 Å². The fourth-order valence-electron chi connectivity index (χ4n) is 8.86. The van der Waals surface area contributed by atoms with E-state index >= 15 is 0 Å². The summed E-state index contributed by atoms with van der Waals surface area (Å²) < 4.78 is 37.6. The number of ether oxygens (including phenoxy) is 6. The van der Waals surface area contributed by atoms with E-state index in [9.17, 15) is 30.3 Å². The summed E-state index contributed by atoms with van der Waals surface area (Å²) in [5, 5.41) is 65.9. The molecule has 7 N–H and O–H groups in total. The Kier molecular flexibility index (Phi) is 24.8. The number of carbonyl (C=O) groups is 1. The summed E-state index contributed by atoms with van der Waals surface area (Å²) in [6.07, 6.45) is -7.02. The van der Waals surface area contributed by atoms with Gasteiger partial charge in [-0.1, -0.05) is 20.8 Å². The number of cyclic esters (lactones) is 1. The second-order valence-corrected chi connectivity index (χ2v) is 19.4. The first-order valence-electron chi connectivity index (χ1n) is 22.7. The largest absolute Gasteiger partial charge is 0.459 e. The number of likely N-dealkylation sites (N-methyl/N-ethyl adjacent to an activating group) is 1. The quantitative estimate of drug-likeness (QED) is 0.0327. The summed E-state index contributed by atoms with van der Waals surface area (Å²) in [7, 11) is 5.31. The number of nitrogens with one attached hydrogen (secondary N) is 2. The van der Waals surface area contributed by atoms with Gasteiger partial charge in [0.15, 0.2) is 17.7 Å². The maximum absolute atomic E-state index is 14.5. The van der Waals surface area contributed by atoms with Crippen LogP contribution >= 0.6 is 23.8 Å². The van der Waals surface area contributed by atoms with Crippen LogP contribution in [0.4, 0.5) is 0 Å². The van der Waals surface area contributed by atoms with E-state index in [1.165, 1.54) is 6.92 Å². The Morgan fingerprint density at radius 3 is 2.27 bits per heavy atom. The highest BCUT2D eigenvalue weighted by Crippen LogP contribution is 2.38. The van der Waals surface area contributed by atoms with Crippen molar-refractivity contribution in [2.75, 3.05) is 59.9 Å². The molecule has 2 aliphatic heterocycles.